The largest absolute Gasteiger partial charge is 0.508 e. The van der Waals surface area contributed by atoms with Crippen molar-refractivity contribution in [2.24, 2.45) is 0 Å². The number of esters is 1. The third-order valence-electron chi connectivity index (χ3n) is 5.41. The molecule has 2 heterocycles. The summed E-state index contributed by atoms with van der Waals surface area (Å²) in [5.74, 6) is 0.516. The average molecular weight is 438 g/mol. The Morgan fingerprint density at radius 1 is 1.16 bits per heavy atom. The molecule has 1 aliphatic heterocycles. The van der Waals surface area contributed by atoms with E-state index in [9.17, 15) is 14.7 Å². The molecular weight excluding hydrogens is 406 g/mol. The van der Waals surface area contributed by atoms with E-state index in [1.165, 1.54) is 32.4 Å². The van der Waals surface area contributed by atoms with E-state index in [0.717, 1.165) is 17.5 Å². The van der Waals surface area contributed by atoms with Gasteiger partial charge in [-0.1, -0.05) is 12.5 Å². The number of aromatic hydroxyl groups is 1. The number of imidazole rings is 1. The molecule has 4 rings (SSSR count). The molecule has 2 aromatic carbocycles. The van der Waals surface area contributed by atoms with Crippen LogP contribution in [0.1, 0.15) is 48.8 Å². The number of ether oxygens (including phenoxy) is 1. The van der Waals surface area contributed by atoms with Crippen molar-refractivity contribution in [2.75, 3.05) is 26.7 Å². The highest BCUT2D eigenvalue weighted by molar-refractivity contribution is 5.86. The number of hydrogen-bond acceptors (Lipinski definition) is 6. The highest BCUT2D eigenvalue weighted by Gasteiger charge is 2.15. The number of aryl methyl sites for hydroxylation is 1. The second-order valence-corrected chi connectivity index (χ2v) is 7.92. The van der Waals surface area contributed by atoms with Gasteiger partial charge in [-0.2, -0.15) is 0 Å². The molecule has 0 aliphatic carbocycles. The van der Waals surface area contributed by atoms with Gasteiger partial charge in [-0.3, -0.25) is 14.2 Å². The Labute approximate surface area is 188 Å². The van der Waals surface area contributed by atoms with Crippen LogP contribution in [0.3, 0.4) is 0 Å². The first-order chi connectivity index (χ1) is 15.5. The number of phenols is 1. The molecule has 3 aromatic rings. The van der Waals surface area contributed by atoms with Gasteiger partial charge >= 0.3 is 5.97 Å². The van der Waals surface area contributed by atoms with Crippen molar-refractivity contribution in [2.45, 2.75) is 39.0 Å². The number of carbonyl (C=O) groups is 2. The minimum atomic E-state index is -0.286. The van der Waals surface area contributed by atoms with Crippen LogP contribution in [0.25, 0.3) is 16.7 Å². The summed E-state index contributed by atoms with van der Waals surface area (Å²) in [4.78, 5) is 29.7. The maximum atomic E-state index is 11.7. The molecule has 0 spiro atoms. The lowest BCUT2D eigenvalue weighted by Crippen LogP contribution is -2.24. The summed E-state index contributed by atoms with van der Waals surface area (Å²) in [6.45, 7) is 4.74. The van der Waals surface area contributed by atoms with Crippen LogP contribution in [-0.4, -0.2) is 58.6 Å². The molecule has 0 bridgehead atoms. The number of hydrogen-bond donors (Lipinski definition) is 1. The monoisotopic (exact) mass is 437 g/mol. The zero-order chi connectivity index (χ0) is 22.9. The van der Waals surface area contributed by atoms with Gasteiger partial charge in [0.2, 0.25) is 0 Å². The molecule has 0 atom stereocenters. The average Bonchev–Trinajstić information content (AvgIpc) is 3.16. The van der Waals surface area contributed by atoms with E-state index in [0.29, 0.717) is 29.9 Å². The van der Waals surface area contributed by atoms with E-state index < -0.39 is 0 Å². The van der Waals surface area contributed by atoms with Gasteiger partial charge in [-0.25, -0.2) is 4.98 Å². The number of benzene rings is 2. The summed E-state index contributed by atoms with van der Waals surface area (Å²) in [6, 6.07) is 12.0. The molecule has 1 saturated heterocycles. The lowest BCUT2D eigenvalue weighted by molar-refractivity contribution is -0.143. The van der Waals surface area contributed by atoms with E-state index in [1.54, 1.807) is 37.3 Å². The molecule has 1 aliphatic rings. The van der Waals surface area contributed by atoms with E-state index in [1.807, 2.05) is 16.7 Å². The highest BCUT2D eigenvalue weighted by atomic mass is 16.5. The molecule has 1 fully saturated rings. The summed E-state index contributed by atoms with van der Waals surface area (Å²) in [7, 11) is 2.19. The highest BCUT2D eigenvalue weighted by Crippen LogP contribution is 2.25. The number of piperidine rings is 1. The molecule has 32 heavy (non-hydrogen) atoms. The Morgan fingerprint density at radius 2 is 1.94 bits per heavy atom. The number of aromatic nitrogens is 2. The zero-order valence-electron chi connectivity index (χ0n) is 18.8. The molecule has 1 aromatic heterocycles. The first-order valence-electron chi connectivity index (χ1n) is 11.1. The zero-order valence-corrected chi connectivity index (χ0v) is 18.8. The Balaban J connectivity index is 0.000000352. The van der Waals surface area contributed by atoms with Crippen molar-refractivity contribution in [3.8, 4) is 11.4 Å². The number of rotatable bonds is 6. The molecular formula is C25H31N3O4. The SMILES string of the molecule is CCOC(=O)CCc1nc2cc(C=O)ccc2n1-c1cccc(O)c1.CN1CCCCC1. The molecule has 7 nitrogen and oxygen atoms in total. The molecule has 0 saturated carbocycles. The van der Waals surface area contributed by atoms with Crippen LogP contribution in [0.15, 0.2) is 42.5 Å². The Kier molecular flexibility index (Phi) is 8.39. The van der Waals surface area contributed by atoms with Crippen LogP contribution >= 0.6 is 0 Å². The third-order valence-corrected chi connectivity index (χ3v) is 5.41. The van der Waals surface area contributed by atoms with Crippen LogP contribution in [0.2, 0.25) is 0 Å². The normalized spacial score (nSPS) is 13.9. The number of likely N-dealkylation sites (tertiary alicyclic amines) is 1. The van der Waals surface area contributed by atoms with Crippen LogP contribution in [0, 0.1) is 0 Å². The Morgan fingerprint density at radius 3 is 2.56 bits per heavy atom. The van der Waals surface area contributed by atoms with E-state index >= 15 is 0 Å². The van der Waals surface area contributed by atoms with Crippen molar-refractivity contribution < 1.29 is 19.4 Å². The Hall–Kier alpha value is -3.19. The Bertz CT molecular complexity index is 1050. The lowest BCUT2D eigenvalue weighted by atomic mass is 10.1. The predicted octanol–water partition coefficient (Wildman–Crippen LogP) is 4.14. The fourth-order valence-corrected chi connectivity index (χ4v) is 3.81. The van der Waals surface area contributed by atoms with Gasteiger partial charge in [0.15, 0.2) is 0 Å². The van der Waals surface area contributed by atoms with Gasteiger partial charge in [0.25, 0.3) is 0 Å². The second-order valence-electron chi connectivity index (χ2n) is 7.92. The third kappa shape index (κ3) is 6.17. The van der Waals surface area contributed by atoms with Gasteiger partial charge in [0.1, 0.15) is 17.9 Å². The number of carbonyl (C=O) groups excluding carboxylic acids is 2. The summed E-state index contributed by atoms with van der Waals surface area (Å²) in [5.41, 5.74) is 2.73. The number of aldehydes is 1. The quantitative estimate of drug-likeness (QED) is 0.461. The maximum Gasteiger partial charge on any atom is 0.306 e. The lowest BCUT2D eigenvalue weighted by Gasteiger charge is -2.20. The smallest absolute Gasteiger partial charge is 0.306 e. The molecule has 170 valence electrons. The van der Waals surface area contributed by atoms with Gasteiger partial charge in [0.05, 0.1) is 29.7 Å². The number of fused-ring (bicyclic) bond motifs is 1. The standard InChI is InChI=1S/C19H18N2O4.C6H13N/c1-2-25-19(24)9-8-18-20-16-10-13(12-22)6-7-17(16)21(18)14-4-3-5-15(23)11-14;1-7-5-3-2-4-6-7/h3-7,10-12,23H,2,8-9H2,1H3;2-6H2,1H3. The first kappa shape index (κ1) is 23.5. The first-order valence-corrected chi connectivity index (χ1v) is 11.1. The molecule has 0 amide bonds. The van der Waals surface area contributed by atoms with Crippen molar-refractivity contribution >= 4 is 23.3 Å². The molecule has 7 heteroatoms. The number of nitrogens with zero attached hydrogens (tertiary/aromatic N) is 3. The van der Waals surface area contributed by atoms with Gasteiger partial charge in [-0.05, 0) is 70.2 Å². The maximum absolute atomic E-state index is 11.7. The van der Waals surface area contributed by atoms with Crippen molar-refractivity contribution in [3.05, 3.63) is 53.9 Å². The van der Waals surface area contributed by atoms with E-state index in [4.69, 9.17) is 4.74 Å². The van der Waals surface area contributed by atoms with Gasteiger partial charge in [0, 0.05) is 18.1 Å². The molecule has 1 N–H and O–H groups in total. The summed E-state index contributed by atoms with van der Waals surface area (Å²) < 4.78 is 6.85. The molecule has 0 radical (unpaired) electrons. The van der Waals surface area contributed by atoms with Crippen LogP contribution < -0.4 is 0 Å². The number of phenolic OH excluding ortho intramolecular Hbond substituents is 1. The molecule has 0 unspecified atom stereocenters. The van der Waals surface area contributed by atoms with Crippen LogP contribution in [-0.2, 0) is 16.0 Å². The fraction of sp³-hybridized carbons (Fsp3) is 0.400. The van der Waals surface area contributed by atoms with Gasteiger partial charge < -0.3 is 14.7 Å². The summed E-state index contributed by atoms with van der Waals surface area (Å²) in [6.07, 6.45) is 5.64. The van der Waals surface area contributed by atoms with E-state index in [2.05, 4.69) is 16.9 Å². The topological polar surface area (TPSA) is 84.7 Å². The summed E-state index contributed by atoms with van der Waals surface area (Å²) >= 11 is 0. The van der Waals surface area contributed by atoms with Crippen molar-refractivity contribution in [3.63, 3.8) is 0 Å². The van der Waals surface area contributed by atoms with Crippen molar-refractivity contribution in [1.82, 2.24) is 14.5 Å². The van der Waals surface area contributed by atoms with E-state index in [-0.39, 0.29) is 18.1 Å². The van der Waals surface area contributed by atoms with Crippen LogP contribution in [0.5, 0.6) is 5.75 Å². The van der Waals surface area contributed by atoms with Gasteiger partial charge in [-0.15, -0.1) is 0 Å². The minimum Gasteiger partial charge on any atom is -0.508 e. The van der Waals surface area contributed by atoms with Crippen LogP contribution in [0.4, 0.5) is 0 Å². The fourth-order valence-electron chi connectivity index (χ4n) is 3.81. The predicted molar refractivity (Wildman–Crippen MR) is 124 cm³/mol. The summed E-state index contributed by atoms with van der Waals surface area (Å²) in [5, 5.41) is 9.79. The second kappa shape index (κ2) is 11.4. The minimum absolute atomic E-state index is 0.139. The van der Waals surface area contributed by atoms with Crippen molar-refractivity contribution in [1.29, 1.82) is 0 Å².